The van der Waals surface area contributed by atoms with E-state index in [1.807, 2.05) is 0 Å². The molecule has 0 saturated heterocycles. The fourth-order valence-corrected chi connectivity index (χ4v) is 3.57. The molecule has 0 aromatic heterocycles. The molecule has 2 atom stereocenters. The molecule has 0 spiro atoms. The summed E-state index contributed by atoms with van der Waals surface area (Å²) in [5.41, 5.74) is 1.32. The number of carboxylic acid groups (broad SMARTS) is 1. The zero-order chi connectivity index (χ0) is 16.6. The van der Waals surface area contributed by atoms with E-state index in [4.69, 9.17) is 0 Å². The van der Waals surface area contributed by atoms with Gasteiger partial charge < -0.3 is 5.11 Å². The molecule has 0 radical (unpaired) electrons. The normalized spacial score (nSPS) is 24.2. The van der Waals surface area contributed by atoms with E-state index < -0.39 is 5.97 Å². The Kier molecular flexibility index (Phi) is 4.28. The van der Waals surface area contributed by atoms with E-state index in [0.29, 0.717) is 23.2 Å². The summed E-state index contributed by atoms with van der Waals surface area (Å²) in [5.74, 6) is 1.24. The summed E-state index contributed by atoms with van der Waals surface area (Å²) in [7, 11) is 0. The molecule has 122 valence electrons. The first kappa shape index (κ1) is 15.8. The lowest BCUT2D eigenvalue weighted by molar-refractivity contribution is -0.418. The zero-order valence-corrected chi connectivity index (χ0v) is 13.6. The van der Waals surface area contributed by atoms with Crippen molar-refractivity contribution < 1.29 is 18.9 Å². The van der Waals surface area contributed by atoms with Gasteiger partial charge in [-0.1, -0.05) is 24.8 Å². The summed E-state index contributed by atoms with van der Waals surface area (Å²) >= 11 is 0. The second-order valence-electron chi connectivity index (χ2n) is 6.61. The van der Waals surface area contributed by atoms with Crippen molar-refractivity contribution in [2.75, 3.05) is 6.54 Å². The van der Waals surface area contributed by atoms with Crippen LogP contribution in [0.25, 0.3) is 0 Å². The smallest absolute Gasteiger partial charge is 0.338 e. The van der Waals surface area contributed by atoms with Gasteiger partial charge in [0.25, 0.3) is 5.84 Å². The first-order valence-corrected chi connectivity index (χ1v) is 8.18. The number of rotatable bonds is 4. The van der Waals surface area contributed by atoms with Crippen molar-refractivity contribution >= 4 is 17.6 Å². The van der Waals surface area contributed by atoms with Crippen LogP contribution >= 0.6 is 0 Å². The van der Waals surface area contributed by atoms with E-state index in [-0.39, 0.29) is 12.4 Å². The Balaban J connectivity index is 1.92. The molecule has 1 saturated carbocycles. The number of hydrogen-bond donors (Lipinski definition) is 1. The van der Waals surface area contributed by atoms with E-state index in [1.54, 1.807) is 23.6 Å². The predicted molar refractivity (Wildman–Crippen MR) is 86.6 cm³/mol. The highest BCUT2D eigenvalue weighted by atomic mass is 19.1. The van der Waals surface area contributed by atoms with Crippen LogP contribution in [0.4, 0.5) is 4.39 Å². The van der Waals surface area contributed by atoms with E-state index in [2.05, 4.69) is 11.9 Å². The highest BCUT2D eigenvalue weighted by Crippen LogP contribution is 2.33. The third-order valence-electron chi connectivity index (χ3n) is 4.91. The second-order valence-corrected chi connectivity index (χ2v) is 6.61. The number of hydrogen-bond acceptors (Lipinski definition) is 2. The SMILES string of the molecule is Cc1cc(C2=[N+](CC(=O)O)C(C3CCCCC3C)=N2)ccc1F. The largest absolute Gasteiger partial charge is 0.479 e. The monoisotopic (exact) mass is 317 g/mol. The fraction of sp³-hybridized carbons (Fsp3) is 0.500. The van der Waals surface area contributed by atoms with Gasteiger partial charge in [0, 0.05) is 0 Å². The molecule has 0 amide bonds. The van der Waals surface area contributed by atoms with Crippen LogP contribution in [0.3, 0.4) is 0 Å². The maximum Gasteiger partial charge on any atom is 0.338 e. The Morgan fingerprint density at radius 3 is 2.78 bits per heavy atom. The Hall–Kier alpha value is -2.04. The summed E-state index contributed by atoms with van der Waals surface area (Å²) in [4.78, 5) is 15.9. The number of benzene rings is 1. The van der Waals surface area contributed by atoms with Gasteiger partial charge in [0.2, 0.25) is 5.84 Å². The molecule has 1 N–H and O–H groups in total. The van der Waals surface area contributed by atoms with Crippen molar-refractivity contribution in [3.63, 3.8) is 0 Å². The Morgan fingerprint density at radius 1 is 1.39 bits per heavy atom. The lowest BCUT2D eigenvalue weighted by Crippen LogP contribution is -2.46. The quantitative estimate of drug-likeness (QED) is 0.867. The van der Waals surface area contributed by atoms with Gasteiger partial charge in [-0.3, -0.25) is 0 Å². The molecule has 2 unspecified atom stereocenters. The first-order valence-electron chi connectivity index (χ1n) is 8.18. The highest BCUT2D eigenvalue weighted by Gasteiger charge is 2.40. The van der Waals surface area contributed by atoms with Crippen LogP contribution in [0.1, 0.15) is 43.7 Å². The van der Waals surface area contributed by atoms with Gasteiger partial charge >= 0.3 is 5.97 Å². The van der Waals surface area contributed by atoms with Gasteiger partial charge in [-0.05, 0) is 49.4 Å². The minimum absolute atomic E-state index is 0.0895. The van der Waals surface area contributed by atoms with Gasteiger partial charge in [0.15, 0.2) is 6.54 Å². The molecule has 2 aliphatic rings. The van der Waals surface area contributed by atoms with Crippen LogP contribution in [-0.2, 0) is 4.79 Å². The maximum atomic E-state index is 13.5. The molecule has 1 aliphatic heterocycles. The van der Waals surface area contributed by atoms with E-state index in [9.17, 15) is 14.3 Å². The lowest BCUT2D eigenvalue weighted by atomic mass is 9.79. The maximum absolute atomic E-state index is 13.5. The average molecular weight is 317 g/mol. The van der Waals surface area contributed by atoms with Crippen molar-refractivity contribution in [2.45, 2.75) is 39.5 Å². The number of halogens is 1. The van der Waals surface area contributed by atoms with Crippen LogP contribution < -0.4 is 0 Å². The standard InChI is InChI=1S/C18H21FN2O2/c1-11-5-3-4-6-14(11)18-20-17(21(18)10-16(22)23)13-7-8-15(19)12(2)9-13/h7-9,11,14H,3-6,10H2,1-2H3/p+1. The minimum Gasteiger partial charge on any atom is -0.479 e. The highest BCUT2D eigenvalue weighted by molar-refractivity contribution is 6.11. The molecule has 4 nitrogen and oxygen atoms in total. The fourth-order valence-electron chi connectivity index (χ4n) is 3.57. The summed E-state index contributed by atoms with van der Waals surface area (Å²) in [5, 5.41) is 9.22. The molecule has 23 heavy (non-hydrogen) atoms. The molecule has 1 fully saturated rings. The number of carboxylic acids is 1. The van der Waals surface area contributed by atoms with Gasteiger partial charge in [0.05, 0.1) is 11.5 Å². The van der Waals surface area contributed by atoms with Crippen LogP contribution in [0.15, 0.2) is 23.2 Å². The van der Waals surface area contributed by atoms with Crippen molar-refractivity contribution in [3.05, 3.63) is 35.1 Å². The predicted octanol–water partition coefficient (Wildman–Crippen LogP) is 3.22. The van der Waals surface area contributed by atoms with Crippen molar-refractivity contribution in [1.29, 1.82) is 0 Å². The Labute approximate surface area is 135 Å². The summed E-state index contributed by atoms with van der Waals surface area (Å²) in [6.07, 6.45) is 4.62. The van der Waals surface area contributed by atoms with Crippen molar-refractivity contribution in [3.8, 4) is 0 Å². The number of aliphatic imine (C=N–C) groups is 1. The van der Waals surface area contributed by atoms with E-state index in [0.717, 1.165) is 24.2 Å². The molecule has 1 aromatic rings. The molecule has 1 aromatic carbocycles. The molecule has 1 aliphatic carbocycles. The van der Waals surface area contributed by atoms with E-state index >= 15 is 0 Å². The van der Waals surface area contributed by atoms with Crippen molar-refractivity contribution in [1.82, 2.24) is 0 Å². The molecule has 1 heterocycles. The first-order chi connectivity index (χ1) is 11.0. The van der Waals surface area contributed by atoms with Crippen LogP contribution in [0.2, 0.25) is 0 Å². The van der Waals surface area contributed by atoms with Gasteiger partial charge in [-0.25, -0.2) is 13.8 Å². The van der Waals surface area contributed by atoms with Gasteiger partial charge in [-0.15, -0.1) is 0 Å². The molecule has 0 bridgehead atoms. The molecular formula is C18H22FN2O2+. The number of aliphatic carboxylic acids is 1. The third kappa shape index (κ3) is 3.05. The molecular weight excluding hydrogens is 295 g/mol. The minimum atomic E-state index is -0.878. The summed E-state index contributed by atoms with van der Waals surface area (Å²) in [6, 6.07) is 4.80. The number of carbonyl (C=O) groups is 1. The van der Waals surface area contributed by atoms with E-state index in [1.165, 1.54) is 18.9 Å². The lowest BCUT2D eigenvalue weighted by Gasteiger charge is -2.31. The van der Waals surface area contributed by atoms with Gasteiger partial charge in [0.1, 0.15) is 5.82 Å². The number of amidine groups is 2. The molecule has 5 heteroatoms. The van der Waals surface area contributed by atoms with Crippen molar-refractivity contribution in [2.24, 2.45) is 16.8 Å². The summed E-state index contributed by atoms with van der Waals surface area (Å²) in [6.45, 7) is 3.83. The third-order valence-corrected chi connectivity index (χ3v) is 4.91. The Morgan fingerprint density at radius 2 is 2.13 bits per heavy atom. The molecule has 3 rings (SSSR count). The average Bonchev–Trinajstić information content (AvgIpc) is 2.49. The van der Waals surface area contributed by atoms with Crippen LogP contribution in [0, 0.1) is 24.6 Å². The Bertz CT molecular complexity index is 709. The number of aryl methyl sites for hydroxylation is 1. The summed E-state index contributed by atoms with van der Waals surface area (Å²) < 4.78 is 15.3. The zero-order valence-electron chi connectivity index (χ0n) is 13.6. The number of nitrogens with zero attached hydrogens (tertiary/aromatic N) is 2. The topological polar surface area (TPSA) is 52.7 Å². The van der Waals surface area contributed by atoms with Gasteiger partial charge in [-0.2, -0.15) is 0 Å². The van der Waals surface area contributed by atoms with Crippen LogP contribution in [-0.4, -0.2) is 33.9 Å². The second kappa shape index (κ2) is 6.22. The van der Waals surface area contributed by atoms with Crippen LogP contribution in [0.5, 0.6) is 0 Å².